The lowest BCUT2D eigenvalue weighted by molar-refractivity contribution is -0.0356. The van der Waals surface area contributed by atoms with Crippen molar-refractivity contribution in [3.05, 3.63) is 18.2 Å². The first kappa shape index (κ1) is 17.2. The highest BCUT2D eigenvalue weighted by Gasteiger charge is 2.38. The molecule has 1 saturated carbocycles. The Kier molecular flexibility index (Phi) is 5.03. The molecule has 0 unspecified atom stereocenters. The van der Waals surface area contributed by atoms with E-state index in [1.54, 1.807) is 0 Å². The normalized spacial score (nSPS) is 20.8. The summed E-state index contributed by atoms with van der Waals surface area (Å²) in [6.45, 7) is 4.11. The molecule has 140 valence electrons. The van der Waals surface area contributed by atoms with Crippen molar-refractivity contribution < 1.29 is 9.53 Å². The van der Waals surface area contributed by atoms with Crippen LogP contribution in [0.3, 0.4) is 0 Å². The highest BCUT2D eigenvalue weighted by Crippen LogP contribution is 2.34. The number of carbonyl (C=O) groups excluding carboxylic acids is 1. The summed E-state index contributed by atoms with van der Waals surface area (Å²) in [5.74, 6) is 0. The first-order chi connectivity index (χ1) is 12.8. The molecule has 2 amide bonds. The summed E-state index contributed by atoms with van der Waals surface area (Å²) in [4.78, 5) is 15.0. The van der Waals surface area contributed by atoms with Crippen LogP contribution < -0.4 is 10.6 Å². The summed E-state index contributed by atoms with van der Waals surface area (Å²) < 4.78 is 5.52. The smallest absolute Gasteiger partial charge is 0.319 e. The van der Waals surface area contributed by atoms with Crippen molar-refractivity contribution >= 4 is 22.8 Å². The van der Waals surface area contributed by atoms with Crippen LogP contribution in [0.1, 0.15) is 32.1 Å². The second-order valence-corrected chi connectivity index (χ2v) is 7.19. The number of hydrogen-bond donors (Lipinski definition) is 3. The molecule has 1 aromatic heterocycles. The third kappa shape index (κ3) is 3.52. The molecule has 26 heavy (non-hydrogen) atoms. The van der Waals surface area contributed by atoms with Gasteiger partial charge in [0.25, 0.3) is 0 Å². The van der Waals surface area contributed by atoms with E-state index < -0.39 is 0 Å². The number of para-hydroxylation sites is 1. The molecule has 2 fully saturated rings. The number of fused-ring (bicyclic) bond motifs is 1. The quantitative estimate of drug-likeness (QED) is 0.778. The van der Waals surface area contributed by atoms with Crippen molar-refractivity contribution in [3.63, 3.8) is 0 Å². The summed E-state index contributed by atoms with van der Waals surface area (Å²) in [5.41, 5.74) is 2.13. The minimum Gasteiger partial charge on any atom is -0.379 e. The van der Waals surface area contributed by atoms with Crippen LogP contribution in [0.5, 0.6) is 0 Å². The number of anilines is 1. The van der Waals surface area contributed by atoms with E-state index in [9.17, 15) is 4.79 Å². The van der Waals surface area contributed by atoms with Crippen molar-refractivity contribution in [1.29, 1.82) is 0 Å². The number of nitrogens with one attached hydrogen (secondary N) is 3. The Morgan fingerprint density at radius 2 is 2.00 bits per heavy atom. The van der Waals surface area contributed by atoms with E-state index in [1.807, 2.05) is 18.2 Å². The number of aromatic nitrogens is 3. The third-order valence-corrected chi connectivity index (χ3v) is 5.64. The summed E-state index contributed by atoms with van der Waals surface area (Å²) >= 11 is 0. The van der Waals surface area contributed by atoms with Gasteiger partial charge in [-0.05, 0) is 25.0 Å². The van der Waals surface area contributed by atoms with Gasteiger partial charge in [-0.15, -0.1) is 0 Å². The van der Waals surface area contributed by atoms with E-state index >= 15 is 0 Å². The first-order valence-electron chi connectivity index (χ1n) is 9.44. The molecule has 0 atom stereocenters. The first-order valence-corrected chi connectivity index (χ1v) is 9.44. The van der Waals surface area contributed by atoms with Gasteiger partial charge in [0.15, 0.2) is 0 Å². The molecule has 8 heteroatoms. The summed E-state index contributed by atoms with van der Waals surface area (Å²) in [5, 5.41) is 16.8. The van der Waals surface area contributed by atoms with E-state index in [1.165, 1.54) is 19.3 Å². The molecule has 2 aliphatic rings. The van der Waals surface area contributed by atoms with Crippen molar-refractivity contribution in [2.24, 2.45) is 0 Å². The molecule has 8 nitrogen and oxygen atoms in total. The van der Waals surface area contributed by atoms with Gasteiger partial charge in [-0.1, -0.05) is 25.3 Å². The number of H-pyrrole nitrogens is 1. The molecule has 1 saturated heterocycles. The summed E-state index contributed by atoms with van der Waals surface area (Å²) in [7, 11) is 0. The predicted molar refractivity (Wildman–Crippen MR) is 99.1 cm³/mol. The van der Waals surface area contributed by atoms with Gasteiger partial charge in [0.1, 0.15) is 11.0 Å². The van der Waals surface area contributed by atoms with Crippen LogP contribution in [0.25, 0.3) is 11.0 Å². The third-order valence-electron chi connectivity index (χ3n) is 5.64. The van der Waals surface area contributed by atoms with Crippen LogP contribution in [0.2, 0.25) is 0 Å². The highest BCUT2D eigenvalue weighted by molar-refractivity contribution is 5.98. The molecule has 1 aliphatic carbocycles. The molecule has 0 spiro atoms. The zero-order valence-corrected chi connectivity index (χ0v) is 15.0. The van der Waals surface area contributed by atoms with Crippen LogP contribution in [-0.2, 0) is 4.74 Å². The van der Waals surface area contributed by atoms with Crippen LogP contribution in [-0.4, -0.2) is 64.7 Å². The summed E-state index contributed by atoms with van der Waals surface area (Å²) in [6, 6.07) is 5.36. The van der Waals surface area contributed by atoms with Gasteiger partial charge < -0.3 is 15.4 Å². The van der Waals surface area contributed by atoms with Gasteiger partial charge in [-0.25, -0.2) is 4.79 Å². The molecule has 2 heterocycles. The van der Waals surface area contributed by atoms with E-state index in [0.29, 0.717) is 17.7 Å². The van der Waals surface area contributed by atoms with E-state index in [4.69, 9.17) is 4.74 Å². The number of benzene rings is 1. The largest absolute Gasteiger partial charge is 0.379 e. The molecular formula is C18H26N6O2. The van der Waals surface area contributed by atoms with Gasteiger partial charge in [0.05, 0.1) is 18.9 Å². The molecule has 2 aromatic rings. The summed E-state index contributed by atoms with van der Waals surface area (Å²) in [6.07, 6.45) is 5.99. The Balaban J connectivity index is 1.42. The standard InChI is InChI=1S/C18H26N6O2/c25-17(20-14-5-4-6-15-16(14)22-23-21-15)19-13-18(7-2-1-3-8-18)24-9-11-26-12-10-24/h4-6H,1-3,7-13H2,(H2,19,20,25)(H,21,22,23). The second kappa shape index (κ2) is 7.59. The van der Waals surface area contributed by atoms with Crippen molar-refractivity contribution in [2.75, 3.05) is 38.2 Å². The fourth-order valence-electron chi connectivity index (χ4n) is 4.23. The van der Waals surface area contributed by atoms with Gasteiger partial charge in [-0.2, -0.15) is 15.4 Å². The minimum absolute atomic E-state index is 0.0548. The van der Waals surface area contributed by atoms with Crippen LogP contribution in [0.15, 0.2) is 18.2 Å². The van der Waals surface area contributed by atoms with E-state index in [0.717, 1.165) is 44.7 Å². The Bertz CT molecular complexity index is 749. The van der Waals surface area contributed by atoms with Crippen LogP contribution in [0, 0.1) is 0 Å². The maximum absolute atomic E-state index is 12.5. The fraction of sp³-hybridized carbons (Fsp3) is 0.611. The lowest BCUT2D eigenvalue weighted by Crippen LogP contribution is -2.60. The van der Waals surface area contributed by atoms with Crippen molar-refractivity contribution in [2.45, 2.75) is 37.6 Å². The van der Waals surface area contributed by atoms with Crippen molar-refractivity contribution in [3.8, 4) is 0 Å². The predicted octanol–water partition coefficient (Wildman–Crippen LogP) is 2.11. The number of nitrogens with zero attached hydrogens (tertiary/aromatic N) is 3. The van der Waals surface area contributed by atoms with Gasteiger partial charge in [-0.3, -0.25) is 4.90 Å². The molecule has 1 aromatic carbocycles. The number of aromatic amines is 1. The number of carbonyl (C=O) groups is 1. The zero-order chi connectivity index (χ0) is 17.8. The number of rotatable bonds is 4. The number of morpholine rings is 1. The Morgan fingerprint density at radius 3 is 2.81 bits per heavy atom. The SMILES string of the molecule is O=C(NCC1(N2CCOCC2)CCCCC1)Nc1cccc2n[nH]nc12. The number of hydrogen-bond acceptors (Lipinski definition) is 5. The van der Waals surface area contributed by atoms with Gasteiger partial charge in [0.2, 0.25) is 0 Å². The van der Waals surface area contributed by atoms with Crippen LogP contribution in [0.4, 0.5) is 10.5 Å². The number of ether oxygens (including phenoxy) is 1. The zero-order valence-electron chi connectivity index (χ0n) is 15.0. The molecule has 4 rings (SSSR count). The Hall–Kier alpha value is -2.19. The molecule has 3 N–H and O–H groups in total. The van der Waals surface area contributed by atoms with E-state index in [2.05, 4.69) is 30.9 Å². The maximum atomic E-state index is 12.5. The number of amides is 2. The van der Waals surface area contributed by atoms with Gasteiger partial charge in [0, 0.05) is 25.2 Å². The van der Waals surface area contributed by atoms with Crippen molar-refractivity contribution in [1.82, 2.24) is 25.6 Å². The second-order valence-electron chi connectivity index (χ2n) is 7.19. The molecule has 1 aliphatic heterocycles. The highest BCUT2D eigenvalue weighted by atomic mass is 16.5. The Labute approximate surface area is 152 Å². The van der Waals surface area contributed by atoms with Gasteiger partial charge >= 0.3 is 6.03 Å². The minimum atomic E-state index is -0.196. The fourth-order valence-corrected chi connectivity index (χ4v) is 4.23. The lowest BCUT2D eigenvalue weighted by atomic mass is 9.80. The Morgan fingerprint density at radius 1 is 1.19 bits per heavy atom. The van der Waals surface area contributed by atoms with Crippen LogP contribution >= 0.6 is 0 Å². The average Bonchev–Trinajstić information content (AvgIpc) is 3.18. The topological polar surface area (TPSA) is 95.2 Å². The lowest BCUT2D eigenvalue weighted by Gasteiger charge is -2.48. The monoisotopic (exact) mass is 358 g/mol. The average molecular weight is 358 g/mol. The molecular weight excluding hydrogens is 332 g/mol. The number of urea groups is 1. The molecule has 0 radical (unpaired) electrons. The maximum Gasteiger partial charge on any atom is 0.319 e. The molecule has 0 bridgehead atoms. The van der Waals surface area contributed by atoms with E-state index in [-0.39, 0.29) is 11.6 Å².